The van der Waals surface area contributed by atoms with E-state index in [9.17, 15) is 4.79 Å². The fourth-order valence-corrected chi connectivity index (χ4v) is 1.53. The summed E-state index contributed by atoms with van der Waals surface area (Å²) in [4.78, 5) is 12.8. The van der Waals surface area contributed by atoms with Crippen LogP contribution < -0.4 is 5.32 Å². The predicted molar refractivity (Wildman–Crippen MR) is 51.9 cm³/mol. The zero-order valence-corrected chi connectivity index (χ0v) is 8.53. The molecule has 1 aliphatic heterocycles. The Morgan fingerprint density at radius 1 is 1.71 bits per heavy atom. The molecule has 82 valence electrons. The van der Waals surface area contributed by atoms with E-state index in [1.54, 1.807) is 0 Å². The molecule has 1 heterocycles. The van der Waals surface area contributed by atoms with Crippen molar-refractivity contribution in [2.45, 2.75) is 13.0 Å². The van der Waals surface area contributed by atoms with E-state index < -0.39 is 0 Å². The lowest BCUT2D eigenvalue weighted by atomic mass is 10.2. The van der Waals surface area contributed by atoms with E-state index in [1.807, 2.05) is 0 Å². The molecule has 1 fully saturated rings. The lowest BCUT2D eigenvalue weighted by molar-refractivity contribution is -0.119. The topological polar surface area (TPSA) is 61.8 Å². The molecule has 1 atom stereocenters. The van der Waals surface area contributed by atoms with Gasteiger partial charge in [-0.15, -0.1) is 0 Å². The molecule has 2 N–H and O–H groups in total. The van der Waals surface area contributed by atoms with Crippen LogP contribution in [0.4, 0.5) is 0 Å². The van der Waals surface area contributed by atoms with Gasteiger partial charge in [-0.05, 0) is 0 Å². The first-order chi connectivity index (χ1) is 6.74. The van der Waals surface area contributed by atoms with Crippen molar-refractivity contribution in [1.29, 1.82) is 0 Å². The van der Waals surface area contributed by atoms with Gasteiger partial charge in [-0.2, -0.15) is 0 Å². The lowest BCUT2D eigenvalue weighted by Crippen LogP contribution is -2.49. The molecule has 0 saturated carbocycles. The Balaban J connectivity index is 2.22. The summed E-state index contributed by atoms with van der Waals surface area (Å²) < 4.78 is 5.24. The first-order valence-corrected chi connectivity index (χ1v) is 4.91. The van der Waals surface area contributed by atoms with E-state index in [2.05, 4.69) is 10.2 Å². The summed E-state index contributed by atoms with van der Waals surface area (Å²) in [5.41, 5.74) is 0. The van der Waals surface area contributed by atoms with Gasteiger partial charge in [-0.25, -0.2) is 0 Å². The van der Waals surface area contributed by atoms with Crippen LogP contribution in [-0.4, -0.2) is 61.4 Å². The summed E-state index contributed by atoms with van der Waals surface area (Å²) in [6, 6.07) is 0.0810. The van der Waals surface area contributed by atoms with Gasteiger partial charge in [-0.1, -0.05) is 0 Å². The Kier molecular flexibility index (Phi) is 4.86. The number of morpholine rings is 1. The SMILES string of the molecule is CC(=O)NCCN1CCOCC1CO. The Hall–Kier alpha value is -0.650. The van der Waals surface area contributed by atoms with Crippen molar-refractivity contribution >= 4 is 5.91 Å². The summed E-state index contributed by atoms with van der Waals surface area (Å²) in [7, 11) is 0. The normalized spacial score (nSPS) is 23.4. The van der Waals surface area contributed by atoms with Gasteiger partial charge < -0.3 is 15.2 Å². The summed E-state index contributed by atoms with van der Waals surface area (Å²) in [6.07, 6.45) is 0. The predicted octanol–water partition coefficient (Wildman–Crippen LogP) is -1.18. The van der Waals surface area contributed by atoms with Crippen LogP contribution in [0.2, 0.25) is 0 Å². The van der Waals surface area contributed by atoms with E-state index in [-0.39, 0.29) is 18.6 Å². The minimum Gasteiger partial charge on any atom is -0.395 e. The van der Waals surface area contributed by atoms with Crippen molar-refractivity contribution in [3.63, 3.8) is 0 Å². The smallest absolute Gasteiger partial charge is 0.216 e. The van der Waals surface area contributed by atoms with Gasteiger partial charge >= 0.3 is 0 Å². The van der Waals surface area contributed by atoms with Crippen LogP contribution in [0.3, 0.4) is 0 Å². The largest absolute Gasteiger partial charge is 0.395 e. The van der Waals surface area contributed by atoms with Crippen LogP contribution in [0.1, 0.15) is 6.92 Å². The van der Waals surface area contributed by atoms with Crippen LogP contribution in [0.15, 0.2) is 0 Å². The van der Waals surface area contributed by atoms with Gasteiger partial charge in [0.15, 0.2) is 0 Å². The highest BCUT2D eigenvalue weighted by molar-refractivity contribution is 5.72. The zero-order valence-electron chi connectivity index (χ0n) is 8.53. The molecule has 1 unspecified atom stereocenters. The second kappa shape index (κ2) is 5.95. The van der Waals surface area contributed by atoms with Crippen molar-refractivity contribution in [2.75, 3.05) is 39.5 Å². The molecule has 0 aromatic rings. The van der Waals surface area contributed by atoms with Gasteiger partial charge in [0.1, 0.15) is 0 Å². The number of aliphatic hydroxyl groups excluding tert-OH is 1. The Bertz CT molecular complexity index is 187. The second-order valence-corrected chi connectivity index (χ2v) is 3.43. The minimum atomic E-state index is -0.0150. The lowest BCUT2D eigenvalue weighted by Gasteiger charge is -2.34. The van der Waals surface area contributed by atoms with Crippen molar-refractivity contribution in [1.82, 2.24) is 10.2 Å². The van der Waals surface area contributed by atoms with Crippen molar-refractivity contribution in [2.24, 2.45) is 0 Å². The van der Waals surface area contributed by atoms with E-state index in [0.29, 0.717) is 19.8 Å². The third-order valence-electron chi connectivity index (χ3n) is 2.33. The molecule has 5 heteroatoms. The fourth-order valence-electron chi connectivity index (χ4n) is 1.53. The molecule has 14 heavy (non-hydrogen) atoms. The van der Waals surface area contributed by atoms with Gasteiger partial charge in [0, 0.05) is 26.6 Å². The molecule has 1 amide bonds. The number of nitrogens with zero attached hydrogens (tertiary/aromatic N) is 1. The monoisotopic (exact) mass is 202 g/mol. The number of nitrogens with one attached hydrogen (secondary N) is 1. The Morgan fingerprint density at radius 2 is 2.50 bits per heavy atom. The third-order valence-corrected chi connectivity index (χ3v) is 2.33. The van der Waals surface area contributed by atoms with E-state index in [1.165, 1.54) is 6.92 Å². The highest BCUT2D eigenvalue weighted by Gasteiger charge is 2.21. The highest BCUT2D eigenvalue weighted by Crippen LogP contribution is 2.04. The molecule has 1 rings (SSSR count). The first-order valence-electron chi connectivity index (χ1n) is 4.91. The molecule has 5 nitrogen and oxygen atoms in total. The van der Waals surface area contributed by atoms with Crippen molar-refractivity contribution < 1.29 is 14.6 Å². The molecular formula is C9H18N2O3. The van der Waals surface area contributed by atoms with Gasteiger partial charge in [0.05, 0.1) is 25.9 Å². The Labute approximate surface area is 84.0 Å². The molecular weight excluding hydrogens is 184 g/mol. The number of carbonyl (C=O) groups excluding carboxylic acids is 1. The van der Waals surface area contributed by atoms with E-state index in [4.69, 9.17) is 9.84 Å². The molecule has 0 radical (unpaired) electrons. The van der Waals surface area contributed by atoms with Gasteiger partial charge in [-0.3, -0.25) is 9.69 Å². The Morgan fingerprint density at radius 3 is 3.14 bits per heavy atom. The fraction of sp³-hybridized carbons (Fsp3) is 0.889. The minimum absolute atomic E-state index is 0.0150. The number of amides is 1. The maximum absolute atomic E-state index is 10.6. The quantitative estimate of drug-likeness (QED) is 0.602. The molecule has 0 aliphatic carbocycles. The molecule has 0 spiro atoms. The maximum Gasteiger partial charge on any atom is 0.216 e. The van der Waals surface area contributed by atoms with Crippen LogP contribution in [0, 0.1) is 0 Å². The van der Waals surface area contributed by atoms with Gasteiger partial charge in [0.25, 0.3) is 0 Å². The summed E-state index contributed by atoms with van der Waals surface area (Å²) >= 11 is 0. The first kappa shape index (κ1) is 11.4. The molecule has 0 aromatic heterocycles. The van der Waals surface area contributed by atoms with Crippen LogP contribution in [0.25, 0.3) is 0 Å². The van der Waals surface area contributed by atoms with Crippen LogP contribution in [-0.2, 0) is 9.53 Å². The number of hydrogen-bond acceptors (Lipinski definition) is 4. The average molecular weight is 202 g/mol. The number of aliphatic hydroxyl groups is 1. The molecule has 0 aromatic carbocycles. The maximum atomic E-state index is 10.6. The molecule has 1 saturated heterocycles. The molecule has 0 bridgehead atoms. The van der Waals surface area contributed by atoms with Gasteiger partial charge in [0.2, 0.25) is 5.91 Å². The van der Waals surface area contributed by atoms with E-state index >= 15 is 0 Å². The summed E-state index contributed by atoms with van der Waals surface area (Å²) in [5, 5.41) is 11.8. The highest BCUT2D eigenvalue weighted by atomic mass is 16.5. The number of rotatable bonds is 4. The zero-order chi connectivity index (χ0) is 10.4. The van der Waals surface area contributed by atoms with Crippen LogP contribution >= 0.6 is 0 Å². The van der Waals surface area contributed by atoms with E-state index in [0.717, 1.165) is 13.1 Å². The van der Waals surface area contributed by atoms with Crippen LogP contribution in [0.5, 0.6) is 0 Å². The summed E-state index contributed by atoms with van der Waals surface area (Å²) in [6.45, 7) is 5.13. The second-order valence-electron chi connectivity index (χ2n) is 3.43. The number of ether oxygens (including phenoxy) is 1. The van der Waals surface area contributed by atoms with Crippen molar-refractivity contribution in [3.05, 3.63) is 0 Å². The molecule has 1 aliphatic rings. The number of hydrogen-bond donors (Lipinski definition) is 2. The summed E-state index contributed by atoms with van der Waals surface area (Å²) in [5.74, 6) is -0.0150. The van der Waals surface area contributed by atoms with Crippen molar-refractivity contribution in [3.8, 4) is 0 Å². The third kappa shape index (κ3) is 3.61. The standard InChI is InChI=1S/C9H18N2O3/c1-8(13)10-2-3-11-4-5-14-7-9(11)6-12/h9,12H,2-7H2,1H3,(H,10,13). The average Bonchev–Trinajstić information content (AvgIpc) is 2.18. The number of carbonyl (C=O) groups is 1.